The summed E-state index contributed by atoms with van der Waals surface area (Å²) in [6, 6.07) is 16.1. The van der Waals surface area contributed by atoms with Crippen molar-refractivity contribution in [2.24, 2.45) is 0 Å². The van der Waals surface area contributed by atoms with E-state index in [0.717, 1.165) is 20.1 Å². The van der Waals surface area contributed by atoms with Gasteiger partial charge in [0.1, 0.15) is 0 Å². The zero-order chi connectivity index (χ0) is 10.7. The highest BCUT2D eigenvalue weighted by molar-refractivity contribution is 9.10. The predicted octanol–water partition coefficient (Wildman–Crippen LogP) is 4.69. The van der Waals surface area contributed by atoms with Crippen LogP contribution in [0.2, 0.25) is 0 Å². The molecule has 2 rings (SSSR count). The topological polar surface area (TPSA) is 0 Å². The van der Waals surface area contributed by atoms with Gasteiger partial charge in [0.25, 0.3) is 0 Å². The molecule has 0 atom stereocenters. The molecule has 2 aromatic rings. The lowest BCUT2D eigenvalue weighted by molar-refractivity contribution is 1.39. The first-order valence-corrected chi connectivity index (χ1v) is 6.12. The van der Waals surface area contributed by atoms with Crippen LogP contribution in [0.4, 0.5) is 0 Å². The maximum absolute atomic E-state index is 3.50. The van der Waals surface area contributed by atoms with Gasteiger partial charge in [-0.2, -0.15) is 0 Å². The normalized spacial score (nSPS) is 10.3. The van der Waals surface area contributed by atoms with Crippen LogP contribution in [-0.2, 0) is 0 Å². The Hall–Kier alpha value is -0.600. The number of rotatable bonds is 2. The maximum Gasteiger partial charge on any atom is 0.0525 e. The molecule has 2 aromatic carbocycles. The average Bonchev–Trinajstić information content (AvgIpc) is 2.24. The van der Waals surface area contributed by atoms with Crippen LogP contribution < -0.4 is 0 Å². The molecule has 0 aromatic heterocycles. The van der Waals surface area contributed by atoms with Crippen molar-refractivity contribution in [3.63, 3.8) is 0 Å². The predicted molar refractivity (Wildman–Crippen MR) is 69.7 cm³/mol. The minimum absolute atomic E-state index is 1.06. The molecule has 15 heavy (non-hydrogen) atoms. The van der Waals surface area contributed by atoms with Crippen LogP contribution in [0.1, 0.15) is 11.1 Å². The highest BCUT2D eigenvalue weighted by atomic mass is 79.9. The molecule has 0 amide bonds. The smallest absolute Gasteiger partial charge is 0.0525 e. The van der Waals surface area contributed by atoms with Crippen molar-refractivity contribution in [2.45, 2.75) is 0 Å². The third kappa shape index (κ3) is 2.70. The Morgan fingerprint density at radius 2 is 1.07 bits per heavy atom. The molecule has 74 valence electrons. The number of benzene rings is 2. The van der Waals surface area contributed by atoms with Crippen LogP contribution in [0.25, 0.3) is 0 Å². The lowest BCUT2D eigenvalue weighted by Gasteiger charge is -2.05. The van der Waals surface area contributed by atoms with E-state index in [9.17, 15) is 0 Å². The fraction of sp³-hybridized carbons (Fsp3) is 0. The average molecular weight is 324 g/mol. The lowest BCUT2D eigenvalue weighted by Crippen LogP contribution is -1.87. The van der Waals surface area contributed by atoms with E-state index in [1.54, 1.807) is 0 Å². The third-order valence-electron chi connectivity index (χ3n) is 2.02. The highest BCUT2D eigenvalue weighted by Gasteiger charge is 2.04. The SMILES string of the molecule is Brc1ccccc1[C]c1ccccc1Br. The summed E-state index contributed by atoms with van der Waals surface area (Å²) < 4.78 is 2.11. The van der Waals surface area contributed by atoms with Gasteiger partial charge in [0.05, 0.1) is 6.42 Å². The van der Waals surface area contributed by atoms with E-state index >= 15 is 0 Å². The van der Waals surface area contributed by atoms with E-state index in [4.69, 9.17) is 0 Å². The Kier molecular flexibility index (Phi) is 3.60. The molecule has 0 aliphatic carbocycles. The Morgan fingerprint density at radius 1 is 0.667 bits per heavy atom. The summed E-state index contributed by atoms with van der Waals surface area (Å²) in [4.78, 5) is 0. The molecule has 0 spiro atoms. The molecule has 0 bridgehead atoms. The Morgan fingerprint density at radius 3 is 1.47 bits per heavy atom. The van der Waals surface area contributed by atoms with Gasteiger partial charge < -0.3 is 0 Å². The molecule has 0 N–H and O–H groups in total. The summed E-state index contributed by atoms with van der Waals surface area (Å²) in [6.07, 6.45) is 3.35. The van der Waals surface area contributed by atoms with Gasteiger partial charge in [0.2, 0.25) is 0 Å². The molecule has 0 saturated carbocycles. The second kappa shape index (κ2) is 4.95. The first-order chi connectivity index (χ1) is 7.27. The zero-order valence-electron chi connectivity index (χ0n) is 7.87. The lowest BCUT2D eigenvalue weighted by atomic mass is 10.1. The molecular formula is C13H8Br2. The van der Waals surface area contributed by atoms with Gasteiger partial charge in [0, 0.05) is 8.95 Å². The molecule has 0 fully saturated rings. The molecular weight excluding hydrogens is 316 g/mol. The van der Waals surface area contributed by atoms with Crippen molar-refractivity contribution >= 4 is 31.9 Å². The van der Waals surface area contributed by atoms with Gasteiger partial charge in [-0.3, -0.25) is 0 Å². The molecule has 0 saturated heterocycles. The minimum Gasteiger partial charge on any atom is -0.0619 e. The van der Waals surface area contributed by atoms with E-state index in [-0.39, 0.29) is 0 Å². The van der Waals surface area contributed by atoms with Gasteiger partial charge in [-0.05, 0) is 23.3 Å². The van der Waals surface area contributed by atoms with Crippen LogP contribution in [0.3, 0.4) is 0 Å². The fourth-order valence-corrected chi connectivity index (χ4v) is 2.04. The monoisotopic (exact) mass is 322 g/mol. The summed E-state index contributed by atoms with van der Waals surface area (Å²) in [5.41, 5.74) is 2.12. The van der Waals surface area contributed by atoms with E-state index in [1.165, 1.54) is 0 Å². The van der Waals surface area contributed by atoms with Crippen molar-refractivity contribution in [2.75, 3.05) is 0 Å². The van der Waals surface area contributed by atoms with Gasteiger partial charge >= 0.3 is 0 Å². The summed E-state index contributed by atoms with van der Waals surface area (Å²) in [5, 5.41) is 0. The van der Waals surface area contributed by atoms with Crippen LogP contribution in [0.15, 0.2) is 57.5 Å². The van der Waals surface area contributed by atoms with Crippen LogP contribution in [0, 0.1) is 6.42 Å². The second-order valence-electron chi connectivity index (χ2n) is 3.08. The van der Waals surface area contributed by atoms with Crippen LogP contribution in [0.5, 0.6) is 0 Å². The molecule has 0 aliphatic heterocycles. The first-order valence-electron chi connectivity index (χ1n) is 4.53. The van der Waals surface area contributed by atoms with E-state index < -0.39 is 0 Å². The van der Waals surface area contributed by atoms with Gasteiger partial charge in [-0.15, -0.1) is 0 Å². The van der Waals surface area contributed by atoms with Gasteiger partial charge in [0.15, 0.2) is 0 Å². The van der Waals surface area contributed by atoms with Crippen molar-refractivity contribution in [1.29, 1.82) is 0 Å². The second-order valence-corrected chi connectivity index (χ2v) is 4.79. The standard InChI is InChI=1S/C13H8Br2/c14-12-7-3-1-5-10(12)9-11-6-2-4-8-13(11)15/h1-8H. The maximum atomic E-state index is 3.50. The van der Waals surface area contributed by atoms with Gasteiger partial charge in [-0.25, -0.2) is 0 Å². The van der Waals surface area contributed by atoms with Crippen molar-refractivity contribution < 1.29 is 0 Å². The molecule has 2 heteroatoms. The van der Waals surface area contributed by atoms with Crippen LogP contribution >= 0.6 is 31.9 Å². The van der Waals surface area contributed by atoms with Crippen molar-refractivity contribution in [3.8, 4) is 0 Å². The number of halogens is 2. The molecule has 0 nitrogen and oxygen atoms in total. The van der Waals surface area contributed by atoms with Gasteiger partial charge in [-0.1, -0.05) is 68.3 Å². The Labute approximate surface area is 107 Å². The zero-order valence-corrected chi connectivity index (χ0v) is 11.0. The third-order valence-corrected chi connectivity index (χ3v) is 3.40. The molecule has 0 heterocycles. The van der Waals surface area contributed by atoms with Crippen molar-refractivity contribution in [1.82, 2.24) is 0 Å². The van der Waals surface area contributed by atoms with Crippen LogP contribution in [-0.4, -0.2) is 0 Å². The van der Waals surface area contributed by atoms with E-state index in [2.05, 4.69) is 38.3 Å². The Bertz CT molecular complexity index is 420. The summed E-state index contributed by atoms with van der Waals surface area (Å²) in [6.45, 7) is 0. The molecule has 0 aliphatic rings. The summed E-state index contributed by atoms with van der Waals surface area (Å²) in [7, 11) is 0. The minimum atomic E-state index is 1.06. The van der Waals surface area contributed by atoms with E-state index in [0.29, 0.717) is 0 Å². The quantitative estimate of drug-likeness (QED) is 0.752. The molecule has 0 unspecified atom stereocenters. The fourth-order valence-electron chi connectivity index (χ4n) is 1.27. The number of hydrogen-bond donors (Lipinski definition) is 0. The highest BCUT2D eigenvalue weighted by Crippen LogP contribution is 2.25. The number of hydrogen-bond acceptors (Lipinski definition) is 0. The first kappa shape index (κ1) is 10.9. The summed E-state index contributed by atoms with van der Waals surface area (Å²) >= 11 is 7.00. The van der Waals surface area contributed by atoms with Crippen molar-refractivity contribution in [3.05, 3.63) is 75.0 Å². The van der Waals surface area contributed by atoms with E-state index in [1.807, 2.05) is 48.5 Å². The summed E-state index contributed by atoms with van der Waals surface area (Å²) in [5.74, 6) is 0. The molecule has 2 radical (unpaired) electrons. The largest absolute Gasteiger partial charge is 0.0619 e. The Balaban J connectivity index is 2.30.